The first-order chi connectivity index (χ1) is 8.22. The van der Waals surface area contributed by atoms with E-state index in [2.05, 4.69) is 22.8 Å². The number of rotatable bonds is 8. The second kappa shape index (κ2) is 8.09. The Balaban J connectivity index is 2.32. The summed E-state index contributed by atoms with van der Waals surface area (Å²) in [4.78, 5) is 0. The Morgan fingerprint density at radius 1 is 1.24 bits per heavy atom. The molecule has 0 saturated heterocycles. The molecule has 0 amide bonds. The van der Waals surface area contributed by atoms with Crippen LogP contribution in [0.5, 0.6) is 5.75 Å². The molecule has 0 saturated carbocycles. The largest absolute Gasteiger partial charge is 0.491 e. The van der Waals surface area contributed by atoms with Gasteiger partial charge in [0.15, 0.2) is 0 Å². The van der Waals surface area contributed by atoms with E-state index in [9.17, 15) is 0 Å². The molecule has 2 N–H and O–H groups in total. The highest BCUT2D eigenvalue weighted by molar-refractivity contribution is 5.28. The van der Waals surface area contributed by atoms with Crippen molar-refractivity contribution in [2.24, 2.45) is 0 Å². The van der Waals surface area contributed by atoms with Crippen molar-refractivity contribution in [3.05, 3.63) is 29.8 Å². The predicted octanol–water partition coefficient (Wildman–Crippen LogP) is 2.17. The second-order valence-corrected chi connectivity index (χ2v) is 4.45. The number of hydrogen-bond donors (Lipinski definition) is 2. The summed E-state index contributed by atoms with van der Waals surface area (Å²) in [6, 6.07) is 8.27. The molecular formula is C14H24N2O. The van der Waals surface area contributed by atoms with Crippen LogP contribution in [-0.4, -0.2) is 26.2 Å². The molecule has 96 valence electrons. The third-order valence-corrected chi connectivity index (χ3v) is 2.38. The van der Waals surface area contributed by atoms with E-state index in [0.717, 1.165) is 31.8 Å². The van der Waals surface area contributed by atoms with Gasteiger partial charge in [-0.3, -0.25) is 0 Å². The Bertz CT molecular complexity index is 313. The van der Waals surface area contributed by atoms with Crippen LogP contribution in [-0.2, 0) is 6.54 Å². The van der Waals surface area contributed by atoms with Crippen molar-refractivity contribution < 1.29 is 4.74 Å². The summed E-state index contributed by atoms with van der Waals surface area (Å²) in [5, 5.41) is 6.56. The van der Waals surface area contributed by atoms with Gasteiger partial charge in [0.1, 0.15) is 5.75 Å². The van der Waals surface area contributed by atoms with Crippen molar-refractivity contribution in [1.29, 1.82) is 0 Å². The average Bonchev–Trinajstić information content (AvgIpc) is 2.28. The van der Waals surface area contributed by atoms with Crippen LogP contribution in [0.15, 0.2) is 24.3 Å². The maximum absolute atomic E-state index is 5.66. The monoisotopic (exact) mass is 236 g/mol. The van der Waals surface area contributed by atoms with E-state index in [-0.39, 0.29) is 6.10 Å². The zero-order chi connectivity index (χ0) is 12.5. The highest BCUT2D eigenvalue weighted by atomic mass is 16.5. The minimum atomic E-state index is 0.230. The van der Waals surface area contributed by atoms with Gasteiger partial charge in [0, 0.05) is 6.54 Å². The number of benzene rings is 1. The Morgan fingerprint density at radius 2 is 2.06 bits per heavy atom. The van der Waals surface area contributed by atoms with Crippen molar-refractivity contribution in [2.75, 3.05) is 20.1 Å². The summed E-state index contributed by atoms with van der Waals surface area (Å²) in [6.45, 7) is 7.09. The molecule has 0 bridgehead atoms. The average molecular weight is 236 g/mol. The molecule has 0 aliphatic rings. The summed E-state index contributed by atoms with van der Waals surface area (Å²) >= 11 is 0. The lowest BCUT2D eigenvalue weighted by Crippen LogP contribution is -2.19. The second-order valence-electron chi connectivity index (χ2n) is 4.45. The molecule has 0 radical (unpaired) electrons. The highest BCUT2D eigenvalue weighted by Gasteiger charge is 1.99. The summed E-state index contributed by atoms with van der Waals surface area (Å²) in [5.41, 5.74) is 1.27. The van der Waals surface area contributed by atoms with Crippen LogP contribution in [0.1, 0.15) is 25.8 Å². The lowest BCUT2D eigenvalue weighted by atomic mass is 10.2. The van der Waals surface area contributed by atoms with Gasteiger partial charge in [-0.25, -0.2) is 0 Å². The van der Waals surface area contributed by atoms with E-state index in [4.69, 9.17) is 4.74 Å². The van der Waals surface area contributed by atoms with Crippen LogP contribution in [0, 0.1) is 0 Å². The molecule has 1 aromatic carbocycles. The Hall–Kier alpha value is -1.06. The standard InChI is InChI=1S/C14H24N2O/c1-12(2)17-14-7-4-6-13(10-14)11-16-9-5-8-15-3/h4,6-7,10,12,15-16H,5,8-9,11H2,1-3H3. The molecule has 0 spiro atoms. The first-order valence-electron chi connectivity index (χ1n) is 6.33. The predicted molar refractivity (Wildman–Crippen MR) is 72.5 cm³/mol. The fourth-order valence-electron chi connectivity index (χ4n) is 1.62. The summed E-state index contributed by atoms with van der Waals surface area (Å²) in [6.07, 6.45) is 1.38. The number of ether oxygens (including phenoxy) is 1. The van der Waals surface area contributed by atoms with Gasteiger partial charge in [0.25, 0.3) is 0 Å². The molecule has 0 aromatic heterocycles. The zero-order valence-corrected chi connectivity index (χ0v) is 11.1. The van der Waals surface area contributed by atoms with Crippen LogP contribution in [0.25, 0.3) is 0 Å². The van der Waals surface area contributed by atoms with E-state index in [1.165, 1.54) is 5.56 Å². The molecule has 0 aliphatic heterocycles. The summed E-state index contributed by atoms with van der Waals surface area (Å²) in [7, 11) is 1.98. The van der Waals surface area contributed by atoms with Crippen LogP contribution in [0.3, 0.4) is 0 Å². The minimum Gasteiger partial charge on any atom is -0.491 e. The first kappa shape index (κ1) is 14.0. The van der Waals surface area contributed by atoms with Gasteiger partial charge in [-0.1, -0.05) is 12.1 Å². The van der Waals surface area contributed by atoms with Gasteiger partial charge in [0.2, 0.25) is 0 Å². The first-order valence-corrected chi connectivity index (χ1v) is 6.33. The highest BCUT2D eigenvalue weighted by Crippen LogP contribution is 2.14. The van der Waals surface area contributed by atoms with Crippen molar-refractivity contribution >= 4 is 0 Å². The molecule has 0 aliphatic carbocycles. The third-order valence-electron chi connectivity index (χ3n) is 2.38. The SMILES string of the molecule is CNCCCNCc1cccc(OC(C)C)c1. The van der Waals surface area contributed by atoms with Gasteiger partial charge >= 0.3 is 0 Å². The van der Waals surface area contributed by atoms with Crippen LogP contribution in [0.4, 0.5) is 0 Å². The molecule has 3 heteroatoms. The number of nitrogens with one attached hydrogen (secondary N) is 2. The van der Waals surface area contributed by atoms with Crippen molar-refractivity contribution in [3.63, 3.8) is 0 Å². The Kier molecular flexibility index (Phi) is 6.67. The molecule has 1 aromatic rings. The van der Waals surface area contributed by atoms with E-state index in [1.807, 2.05) is 33.0 Å². The third kappa shape index (κ3) is 6.29. The van der Waals surface area contributed by atoms with Crippen LogP contribution in [0.2, 0.25) is 0 Å². The quantitative estimate of drug-likeness (QED) is 0.679. The Morgan fingerprint density at radius 3 is 2.76 bits per heavy atom. The maximum Gasteiger partial charge on any atom is 0.120 e. The summed E-state index contributed by atoms with van der Waals surface area (Å²) in [5.74, 6) is 0.953. The zero-order valence-electron chi connectivity index (χ0n) is 11.1. The Labute approximate surface area is 105 Å². The smallest absolute Gasteiger partial charge is 0.120 e. The molecule has 0 fully saturated rings. The normalized spacial score (nSPS) is 10.8. The lowest BCUT2D eigenvalue weighted by Gasteiger charge is -2.11. The van der Waals surface area contributed by atoms with Gasteiger partial charge in [-0.05, 0) is 58.1 Å². The van der Waals surface area contributed by atoms with E-state index >= 15 is 0 Å². The molecule has 0 unspecified atom stereocenters. The van der Waals surface area contributed by atoms with E-state index < -0.39 is 0 Å². The van der Waals surface area contributed by atoms with E-state index in [1.54, 1.807) is 0 Å². The number of hydrogen-bond acceptors (Lipinski definition) is 3. The molecule has 0 atom stereocenters. The molecule has 1 rings (SSSR count). The fourth-order valence-corrected chi connectivity index (χ4v) is 1.62. The van der Waals surface area contributed by atoms with Gasteiger partial charge in [-0.2, -0.15) is 0 Å². The topological polar surface area (TPSA) is 33.3 Å². The van der Waals surface area contributed by atoms with Gasteiger partial charge < -0.3 is 15.4 Å². The molecule has 3 nitrogen and oxygen atoms in total. The van der Waals surface area contributed by atoms with Gasteiger partial charge in [-0.15, -0.1) is 0 Å². The summed E-state index contributed by atoms with van der Waals surface area (Å²) < 4.78 is 5.66. The minimum absolute atomic E-state index is 0.230. The molecular weight excluding hydrogens is 212 g/mol. The van der Waals surface area contributed by atoms with Crippen molar-refractivity contribution in [2.45, 2.75) is 32.9 Å². The fraction of sp³-hybridized carbons (Fsp3) is 0.571. The molecule has 17 heavy (non-hydrogen) atoms. The van der Waals surface area contributed by atoms with Crippen molar-refractivity contribution in [1.82, 2.24) is 10.6 Å². The van der Waals surface area contributed by atoms with Gasteiger partial charge in [0.05, 0.1) is 6.10 Å². The van der Waals surface area contributed by atoms with Crippen LogP contribution >= 0.6 is 0 Å². The van der Waals surface area contributed by atoms with E-state index in [0.29, 0.717) is 0 Å². The maximum atomic E-state index is 5.66. The van der Waals surface area contributed by atoms with Crippen LogP contribution < -0.4 is 15.4 Å². The molecule has 0 heterocycles. The lowest BCUT2D eigenvalue weighted by molar-refractivity contribution is 0.242. The van der Waals surface area contributed by atoms with Crippen molar-refractivity contribution in [3.8, 4) is 5.75 Å².